The number of nitrogens with zero attached hydrogens (tertiary/aromatic N) is 2. The van der Waals surface area contributed by atoms with Crippen LogP contribution in [0.3, 0.4) is 0 Å². The summed E-state index contributed by atoms with van der Waals surface area (Å²) in [5.74, 6) is 0.278. The number of aromatic nitrogens is 2. The van der Waals surface area contributed by atoms with Gasteiger partial charge in [-0.1, -0.05) is 48.0 Å². The van der Waals surface area contributed by atoms with Crippen molar-refractivity contribution in [1.82, 2.24) is 9.78 Å². The predicted molar refractivity (Wildman–Crippen MR) is 137 cm³/mol. The third kappa shape index (κ3) is 5.54. The second-order valence-corrected chi connectivity index (χ2v) is 9.01. The van der Waals surface area contributed by atoms with E-state index in [0.717, 1.165) is 33.7 Å². The van der Waals surface area contributed by atoms with Crippen molar-refractivity contribution in [1.29, 1.82) is 0 Å². The Kier molecular flexibility index (Phi) is 7.22. The molecule has 0 atom stereocenters. The Morgan fingerprint density at radius 1 is 1.03 bits per heavy atom. The van der Waals surface area contributed by atoms with Gasteiger partial charge in [-0.05, 0) is 74.2 Å². The van der Waals surface area contributed by atoms with Crippen LogP contribution in [0.5, 0.6) is 5.75 Å². The number of aryl methyl sites for hydroxylation is 3. The number of ether oxygens (including phenoxy) is 1. The predicted octanol–water partition coefficient (Wildman–Crippen LogP) is 6.79. The quantitative estimate of drug-likeness (QED) is 0.309. The smallest absolute Gasteiger partial charge is 0.255 e. The average Bonchev–Trinajstić information content (AvgIpc) is 3.08. The summed E-state index contributed by atoms with van der Waals surface area (Å²) >= 11 is 6.17. The lowest BCUT2D eigenvalue weighted by molar-refractivity contribution is 0.102. The Labute approximate surface area is 209 Å². The average molecular weight is 492 g/mol. The molecule has 180 valence electrons. The fourth-order valence-corrected chi connectivity index (χ4v) is 4.19. The topological polar surface area (TPSA) is 56.1 Å². The highest BCUT2D eigenvalue weighted by Crippen LogP contribution is 2.25. The lowest BCUT2D eigenvalue weighted by Crippen LogP contribution is -2.13. The minimum absolute atomic E-state index is 0.224. The third-order valence-electron chi connectivity index (χ3n) is 5.96. The van der Waals surface area contributed by atoms with Gasteiger partial charge >= 0.3 is 0 Å². The first-order valence-electron chi connectivity index (χ1n) is 11.3. The van der Waals surface area contributed by atoms with Crippen LogP contribution in [0.15, 0.2) is 60.7 Å². The van der Waals surface area contributed by atoms with Crippen LogP contribution in [0.2, 0.25) is 5.02 Å². The van der Waals surface area contributed by atoms with Gasteiger partial charge in [-0.3, -0.25) is 9.48 Å². The first kappa shape index (κ1) is 24.5. The molecule has 0 radical (unpaired) electrons. The number of rotatable bonds is 7. The van der Waals surface area contributed by atoms with Crippen LogP contribution in [0, 0.1) is 33.5 Å². The van der Waals surface area contributed by atoms with E-state index in [9.17, 15) is 9.18 Å². The number of hydrogen-bond donors (Lipinski definition) is 1. The lowest BCUT2D eigenvalue weighted by atomic mass is 10.1. The van der Waals surface area contributed by atoms with Crippen LogP contribution >= 0.6 is 11.6 Å². The van der Waals surface area contributed by atoms with Gasteiger partial charge in [0.25, 0.3) is 5.91 Å². The van der Waals surface area contributed by atoms with E-state index in [2.05, 4.69) is 10.4 Å². The summed E-state index contributed by atoms with van der Waals surface area (Å²) in [4.78, 5) is 12.9. The minimum atomic E-state index is -0.386. The number of hydrogen-bond acceptors (Lipinski definition) is 3. The van der Waals surface area contributed by atoms with Crippen molar-refractivity contribution in [3.8, 4) is 5.75 Å². The van der Waals surface area contributed by atoms with Crippen molar-refractivity contribution in [3.63, 3.8) is 0 Å². The van der Waals surface area contributed by atoms with Crippen molar-refractivity contribution < 1.29 is 13.9 Å². The van der Waals surface area contributed by atoms with Crippen LogP contribution in [-0.2, 0) is 13.2 Å². The maximum atomic E-state index is 13.4. The van der Waals surface area contributed by atoms with Crippen molar-refractivity contribution >= 4 is 23.2 Å². The number of carbonyl (C=O) groups excluding carboxylic acids is 1. The normalized spacial score (nSPS) is 10.9. The molecule has 0 aliphatic carbocycles. The van der Waals surface area contributed by atoms with Crippen LogP contribution in [0.25, 0.3) is 0 Å². The molecule has 7 heteroatoms. The molecule has 4 rings (SSSR count). The zero-order chi connectivity index (χ0) is 25.1. The van der Waals surface area contributed by atoms with Crippen LogP contribution in [-0.4, -0.2) is 15.7 Å². The standard InChI is InChI=1S/C28H27ClFN3O2/c1-17-6-5-7-18(2)27(17)35-16-21-8-10-22(11-9-21)28(34)31-26-19(3)32-33(20(26)4)15-23-12-13-24(30)14-25(23)29/h5-14H,15-16H2,1-4H3,(H,31,34). The van der Waals surface area contributed by atoms with Gasteiger partial charge in [-0.2, -0.15) is 5.10 Å². The number of nitrogens with one attached hydrogen (secondary N) is 1. The van der Waals surface area contributed by atoms with Gasteiger partial charge in [-0.25, -0.2) is 4.39 Å². The fourth-order valence-electron chi connectivity index (χ4n) is 3.96. The van der Waals surface area contributed by atoms with Crippen molar-refractivity contribution in [2.24, 2.45) is 0 Å². The highest BCUT2D eigenvalue weighted by Gasteiger charge is 2.16. The van der Waals surface area contributed by atoms with Crippen molar-refractivity contribution in [2.45, 2.75) is 40.8 Å². The number of carbonyl (C=O) groups is 1. The van der Waals surface area contributed by atoms with Gasteiger partial charge in [0.05, 0.1) is 23.6 Å². The zero-order valence-corrected chi connectivity index (χ0v) is 20.9. The molecule has 1 amide bonds. The van der Waals surface area contributed by atoms with Gasteiger partial charge in [0.15, 0.2) is 0 Å². The second kappa shape index (κ2) is 10.3. The molecule has 1 aromatic heterocycles. The number of anilines is 1. The molecule has 5 nitrogen and oxygen atoms in total. The fraction of sp³-hybridized carbons (Fsp3) is 0.214. The molecular formula is C28H27ClFN3O2. The summed E-state index contributed by atoms with van der Waals surface area (Å²) < 4.78 is 21.1. The highest BCUT2D eigenvalue weighted by atomic mass is 35.5. The Morgan fingerprint density at radius 2 is 1.71 bits per heavy atom. The number of benzene rings is 3. The first-order chi connectivity index (χ1) is 16.7. The van der Waals surface area contributed by atoms with Gasteiger partial charge in [-0.15, -0.1) is 0 Å². The van der Waals surface area contributed by atoms with E-state index < -0.39 is 0 Å². The van der Waals surface area contributed by atoms with E-state index in [-0.39, 0.29) is 11.7 Å². The molecule has 0 saturated heterocycles. The largest absolute Gasteiger partial charge is 0.488 e. The van der Waals surface area contributed by atoms with E-state index in [1.807, 2.05) is 58.0 Å². The summed E-state index contributed by atoms with van der Waals surface area (Å²) in [6, 6.07) is 17.7. The molecule has 0 aliphatic rings. The SMILES string of the molecule is Cc1cccc(C)c1OCc1ccc(C(=O)Nc2c(C)nn(Cc3ccc(F)cc3Cl)c2C)cc1. The van der Waals surface area contributed by atoms with E-state index >= 15 is 0 Å². The first-order valence-corrected chi connectivity index (χ1v) is 11.7. The molecule has 0 fully saturated rings. The number of amides is 1. The molecule has 1 heterocycles. The van der Waals surface area contributed by atoms with E-state index in [0.29, 0.717) is 35.1 Å². The molecule has 0 unspecified atom stereocenters. The van der Waals surface area contributed by atoms with E-state index in [4.69, 9.17) is 16.3 Å². The highest BCUT2D eigenvalue weighted by molar-refractivity contribution is 6.31. The molecule has 0 saturated carbocycles. The Hall–Kier alpha value is -3.64. The molecule has 0 spiro atoms. The van der Waals surface area contributed by atoms with Crippen LogP contribution < -0.4 is 10.1 Å². The lowest BCUT2D eigenvalue weighted by Gasteiger charge is -2.12. The molecule has 3 aromatic carbocycles. The number of para-hydroxylation sites is 1. The van der Waals surface area contributed by atoms with Crippen molar-refractivity contribution in [3.05, 3.63) is 111 Å². The van der Waals surface area contributed by atoms with Gasteiger partial charge < -0.3 is 10.1 Å². The zero-order valence-electron chi connectivity index (χ0n) is 20.2. The summed E-state index contributed by atoms with van der Waals surface area (Å²) in [6.07, 6.45) is 0. The van der Waals surface area contributed by atoms with Gasteiger partial charge in [0.2, 0.25) is 0 Å². The Bertz CT molecular complexity index is 1360. The van der Waals surface area contributed by atoms with E-state index in [1.54, 1.807) is 22.9 Å². The Balaban J connectivity index is 1.43. The third-order valence-corrected chi connectivity index (χ3v) is 6.32. The van der Waals surface area contributed by atoms with Gasteiger partial charge in [0, 0.05) is 10.6 Å². The maximum absolute atomic E-state index is 13.4. The van der Waals surface area contributed by atoms with Crippen LogP contribution in [0.1, 0.15) is 44.0 Å². The number of halogens is 2. The molecular weight excluding hydrogens is 465 g/mol. The molecule has 1 N–H and O–H groups in total. The summed E-state index contributed by atoms with van der Waals surface area (Å²) in [5, 5.41) is 7.84. The van der Waals surface area contributed by atoms with E-state index in [1.165, 1.54) is 12.1 Å². The molecule has 4 aromatic rings. The molecule has 0 aliphatic heterocycles. The van der Waals surface area contributed by atoms with Gasteiger partial charge in [0.1, 0.15) is 18.2 Å². The molecule has 0 bridgehead atoms. The Morgan fingerprint density at radius 3 is 2.37 bits per heavy atom. The summed E-state index contributed by atoms with van der Waals surface area (Å²) in [5.41, 5.74) is 6.56. The molecule has 35 heavy (non-hydrogen) atoms. The summed E-state index contributed by atoms with van der Waals surface area (Å²) in [7, 11) is 0. The minimum Gasteiger partial charge on any atom is -0.488 e. The van der Waals surface area contributed by atoms with Crippen LogP contribution in [0.4, 0.5) is 10.1 Å². The maximum Gasteiger partial charge on any atom is 0.255 e. The second-order valence-electron chi connectivity index (χ2n) is 8.60. The van der Waals surface area contributed by atoms with Crippen molar-refractivity contribution in [2.75, 3.05) is 5.32 Å². The summed E-state index contributed by atoms with van der Waals surface area (Å²) in [6.45, 7) is 8.55. The monoisotopic (exact) mass is 491 g/mol.